The van der Waals surface area contributed by atoms with Crippen molar-refractivity contribution < 1.29 is 9.59 Å². The number of nitrogens with zero attached hydrogens (tertiary/aromatic N) is 2. The minimum absolute atomic E-state index is 0.0364. The van der Waals surface area contributed by atoms with Crippen LogP contribution in [0.25, 0.3) is 0 Å². The first-order valence-electron chi connectivity index (χ1n) is 7.79. The molecule has 1 amide bonds. The van der Waals surface area contributed by atoms with Crippen molar-refractivity contribution in [1.82, 2.24) is 9.97 Å². The minimum atomic E-state index is -0.366. The van der Waals surface area contributed by atoms with Crippen LogP contribution in [0.1, 0.15) is 27.8 Å². The molecule has 0 fully saturated rings. The lowest BCUT2D eigenvalue weighted by atomic mass is 10.1. The van der Waals surface area contributed by atoms with Crippen molar-refractivity contribution in [1.29, 1.82) is 0 Å². The predicted molar refractivity (Wildman–Crippen MR) is 101 cm³/mol. The average Bonchev–Trinajstić information content (AvgIpc) is 2.64. The smallest absolute Gasteiger partial charge is 0.274 e. The Bertz CT molecular complexity index is 958. The molecular formula is C19H15ClN4O2. The number of rotatable bonds is 5. The Morgan fingerprint density at radius 2 is 1.77 bits per heavy atom. The molecule has 6 nitrogen and oxygen atoms in total. The summed E-state index contributed by atoms with van der Waals surface area (Å²) in [5.41, 5.74) is 2.06. The minimum Gasteiger partial charge on any atom is -0.324 e. The lowest BCUT2D eigenvalue weighted by Crippen LogP contribution is -2.14. The molecular weight excluding hydrogens is 352 g/mol. The summed E-state index contributed by atoms with van der Waals surface area (Å²) in [6.07, 6.45) is 1.49. The first kappa shape index (κ1) is 17.6. The molecule has 3 aromatic rings. The maximum atomic E-state index is 12.3. The Labute approximate surface area is 155 Å². The van der Waals surface area contributed by atoms with Gasteiger partial charge in [-0.05, 0) is 49.4 Å². The highest BCUT2D eigenvalue weighted by atomic mass is 35.5. The number of nitrogens with one attached hydrogen (secondary N) is 2. The number of amides is 1. The van der Waals surface area contributed by atoms with Gasteiger partial charge in [-0.25, -0.2) is 9.97 Å². The Morgan fingerprint density at radius 3 is 2.50 bits per heavy atom. The molecule has 0 bridgehead atoms. The summed E-state index contributed by atoms with van der Waals surface area (Å²) in [6, 6.07) is 15.3. The van der Waals surface area contributed by atoms with E-state index in [1.54, 1.807) is 48.5 Å². The number of hydrogen-bond donors (Lipinski definition) is 2. The molecule has 1 heterocycles. The SMILES string of the molecule is CC(=O)c1cccc(Nc2nccc(C(=O)Nc3ccc(Cl)cc3)n2)c1. The number of carbonyl (C=O) groups excluding carboxylic acids is 2. The van der Waals surface area contributed by atoms with Gasteiger partial charge in [-0.3, -0.25) is 9.59 Å². The molecule has 3 rings (SSSR count). The zero-order chi connectivity index (χ0) is 18.5. The van der Waals surface area contributed by atoms with E-state index < -0.39 is 0 Å². The molecule has 130 valence electrons. The van der Waals surface area contributed by atoms with Crippen LogP contribution in [0, 0.1) is 0 Å². The molecule has 26 heavy (non-hydrogen) atoms. The van der Waals surface area contributed by atoms with E-state index in [-0.39, 0.29) is 23.3 Å². The lowest BCUT2D eigenvalue weighted by molar-refractivity contribution is 0.101. The van der Waals surface area contributed by atoms with Crippen LogP contribution in [0.3, 0.4) is 0 Å². The first-order chi connectivity index (χ1) is 12.5. The fourth-order valence-electron chi connectivity index (χ4n) is 2.22. The number of halogens is 1. The van der Waals surface area contributed by atoms with Gasteiger partial charge in [0.25, 0.3) is 5.91 Å². The van der Waals surface area contributed by atoms with Crippen LogP contribution in [-0.4, -0.2) is 21.7 Å². The van der Waals surface area contributed by atoms with Gasteiger partial charge < -0.3 is 10.6 Å². The van der Waals surface area contributed by atoms with Crippen LogP contribution in [0.4, 0.5) is 17.3 Å². The summed E-state index contributed by atoms with van der Waals surface area (Å²) in [7, 11) is 0. The largest absolute Gasteiger partial charge is 0.324 e. The van der Waals surface area contributed by atoms with E-state index in [1.807, 2.05) is 0 Å². The Balaban J connectivity index is 1.75. The second-order valence-corrected chi connectivity index (χ2v) is 5.92. The molecule has 7 heteroatoms. The van der Waals surface area contributed by atoms with E-state index in [4.69, 9.17) is 11.6 Å². The zero-order valence-corrected chi connectivity index (χ0v) is 14.6. The normalized spacial score (nSPS) is 10.2. The van der Waals surface area contributed by atoms with E-state index in [0.717, 1.165) is 0 Å². The first-order valence-corrected chi connectivity index (χ1v) is 8.17. The third kappa shape index (κ3) is 4.43. The van der Waals surface area contributed by atoms with E-state index >= 15 is 0 Å². The quantitative estimate of drug-likeness (QED) is 0.656. The number of Topliss-reactive ketones (excluding diaryl/α,β-unsaturated/α-hetero) is 1. The standard InChI is InChI=1S/C19H15ClN4O2/c1-12(25)13-3-2-4-16(11-13)23-19-21-10-9-17(24-19)18(26)22-15-7-5-14(20)6-8-15/h2-11H,1H3,(H,22,26)(H,21,23,24). The molecule has 0 atom stereocenters. The van der Waals surface area contributed by atoms with Crippen LogP contribution in [0.15, 0.2) is 60.8 Å². The van der Waals surface area contributed by atoms with Gasteiger partial charge in [-0.15, -0.1) is 0 Å². The molecule has 0 aliphatic carbocycles. The van der Waals surface area contributed by atoms with Crippen molar-refractivity contribution in [3.8, 4) is 0 Å². The predicted octanol–water partition coefficient (Wildman–Crippen LogP) is 4.33. The van der Waals surface area contributed by atoms with Crippen LogP contribution in [0.5, 0.6) is 0 Å². The van der Waals surface area contributed by atoms with Gasteiger partial charge in [-0.1, -0.05) is 23.7 Å². The van der Waals surface area contributed by atoms with E-state index in [9.17, 15) is 9.59 Å². The Hall–Kier alpha value is -3.25. The summed E-state index contributed by atoms with van der Waals surface area (Å²) in [4.78, 5) is 32.1. The molecule has 0 aliphatic rings. The van der Waals surface area contributed by atoms with E-state index in [2.05, 4.69) is 20.6 Å². The Morgan fingerprint density at radius 1 is 1.00 bits per heavy atom. The molecule has 0 saturated carbocycles. The third-order valence-electron chi connectivity index (χ3n) is 3.52. The number of hydrogen-bond acceptors (Lipinski definition) is 5. The maximum absolute atomic E-state index is 12.3. The Kier molecular flexibility index (Phi) is 5.24. The number of anilines is 3. The monoisotopic (exact) mass is 366 g/mol. The van der Waals surface area contributed by atoms with Crippen LogP contribution in [0.2, 0.25) is 5.02 Å². The summed E-state index contributed by atoms with van der Waals surface area (Å²) < 4.78 is 0. The molecule has 1 aromatic heterocycles. The second kappa shape index (κ2) is 7.76. The molecule has 2 N–H and O–H groups in total. The lowest BCUT2D eigenvalue weighted by Gasteiger charge is -2.08. The van der Waals surface area contributed by atoms with Crippen molar-refractivity contribution in [2.24, 2.45) is 0 Å². The summed E-state index contributed by atoms with van der Waals surface area (Å²) in [5, 5.41) is 6.32. The fourth-order valence-corrected chi connectivity index (χ4v) is 2.34. The van der Waals surface area contributed by atoms with Crippen LogP contribution >= 0.6 is 11.6 Å². The van der Waals surface area contributed by atoms with Gasteiger partial charge in [0, 0.05) is 28.2 Å². The molecule has 0 aliphatic heterocycles. The summed E-state index contributed by atoms with van der Waals surface area (Å²) in [6.45, 7) is 1.50. The summed E-state index contributed by atoms with van der Waals surface area (Å²) >= 11 is 5.83. The number of benzene rings is 2. The fraction of sp³-hybridized carbons (Fsp3) is 0.0526. The van der Waals surface area contributed by atoms with E-state index in [1.165, 1.54) is 19.2 Å². The van der Waals surface area contributed by atoms with Crippen molar-refractivity contribution >= 4 is 40.6 Å². The molecule has 0 spiro atoms. The van der Waals surface area contributed by atoms with Gasteiger partial charge in [-0.2, -0.15) is 0 Å². The van der Waals surface area contributed by atoms with Crippen molar-refractivity contribution in [3.05, 3.63) is 77.1 Å². The van der Waals surface area contributed by atoms with Gasteiger partial charge in [0.15, 0.2) is 5.78 Å². The maximum Gasteiger partial charge on any atom is 0.274 e. The van der Waals surface area contributed by atoms with Gasteiger partial charge in [0.05, 0.1) is 0 Å². The highest BCUT2D eigenvalue weighted by molar-refractivity contribution is 6.30. The molecule has 0 radical (unpaired) electrons. The second-order valence-electron chi connectivity index (χ2n) is 5.49. The molecule has 0 saturated heterocycles. The summed E-state index contributed by atoms with van der Waals surface area (Å²) in [5.74, 6) is -0.143. The van der Waals surface area contributed by atoms with Crippen LogP contribution < -0.4 is 10.6 Å². The average molecular weight is 367 g/mol. The zero-order valence-electron chi connectivity index (χ0n) is 13.9. The van der Waals surface area contributed by atoms with E-state index in [0.29, 0.717) is 22.0 Å². The van der Waals surface area contributed by atoms with Gasteiger partial charge in [0.1, 0.15) is 5.69 Å². The number of ketones is 1. The number of aromatic nitrogens is 2. The van der Waals surface area contributed by atoms with Crippen molar-refractivity contribution in [2.45, 2.75) is 6.92 Å². The number of carbonyl (C=O) groups is 2. The third-order valence-corrected chi connectivity index (χ3v) is 3.77. The molecule has 0 unspecified atom stereocenters. The van der Waals surface area contributed by atoms with Gasteiger partial charge >= 0.3 is 0 Å². The van der Waals surface area contributed by atoms with Crippen molar-refractivity contribution in [2.75, 3.05) is 10.6 Å². The molecule has 2 aromatic carbocycles. The van der Waals surface area contributed by atoms with Crippen LogP contribution in [-0.2, 0) is 0 Å². The highest BCUT2D eigenvalue weighted by Gasteiger charge is 2.10. The van der Waals surface area contributed by atoms with Crippen molar-refractivity contribution in [3.63, 3.8) is 0 Å². The topological polar surface area (TPSA) is 84.0 Å². The van der Waals surface area contributed by atoms with Gasteiger partial charge in [0.2, 0.25) is 5.95 Å². The highest BCUT2D eigenvalue weighted by Crippen LogP contribution is 2.17.